The highest BCUT2D eigenvalue weighted by atomic mass is 35.5. The van der Waals surface area contributed by atoms with Gasteiger partial charge in [-0.25, -0.2) is 4.98 Å². The highest BCUT2D eigenvalue weighted by Gasteiger charge is 2.15. The van der Waals surface area contributed by atoms with Crippen molar-refractivity contribution < 1.29 is 0 Å². The number of hydrogen-bond acceptors (Lipinski definition) is 3. The number of para-hydroxylation sites is 1. The molecule has 1 saturated carbocycles. The molecule has 0 spiro atoms. The fourth-order valence-corrected chi connectivity index (χ4v) is 3.29. The maximum Gasteiger partial charge on any atom is 0.187 e. The van der Waals surface area contributed by atoms with Crippen molar-refractivity contribution >= 4 is 46.0 Å². The van der Waals surface area contributed by atoms with E-state index in [0.717, 1.165) is 22.0 Å². The first-order chi connectivity index (χ1) is 11.1. The van der Waals surface area contributed by atoms with Crippen molar-refractivity contribution in [3.63, 3.8) is 0 Å². The van der Waals surface area contributed by atoms with Gasteiger partial charge in [-0.05, 0) is 43.6 Å². The van der Waals surface area contributed by atoms with Gasteiger partial charge in [0.15, 0.2) is 5.11 Å². The predicted molar refractivity (Wildman–Crippen MR) is 100 cm³/mol. The Morgan fingerprint density at radius 1 is 1.39 bits per heavy atom. The molecule has 0 atom stereocenters. The largest absolute Gasteiger partial charge is 0.359 e. The fourth-order valence-electron chi connectivity index (χ4n) is 2.88. The van der Waals surface area contributed by atoms with Crippen LogP contribution in [0.1, 0.15) is 36.8 Å². The number of nitrogens with zero attached hydrogens (tertiary/aromatic N) is 2. The van der Waals surface area contributed by atoms with Crippen molar-refractivity contribution in [2.75, 3.05) is 0 Å². The number of nitrogens with one attached hydrogen (secondary N) is 2. The van der Waals surface area contributed by atoms with Crippen LogP contribution in [0.15, 0.2) is 29.4 Å². The minimum absolute atomic E-state index is 0.437. The van der Waals surface area contributed by atoms with Crippen molar-refractivity contribution in [3.8, 4) is 0 Å². The average molecular weight is 347 g/mol. The molecule has 1 aromatic heterocycles. The standard InChI is InChI=1S/C17H19ClN4S/c1-11-5-4-6-12-9-13(16(18)21-15(11)12)10-19-22-17(23)20-14-7-2-3-8-14/h4-6,9-10,14H,2-3,7-8H2,1H3,(H2,20,22,23)/b19-10+. The van der Waals surface area contributed by atoms with Gasteiger partial charge in [0.25, 0.3) is 0 Å². The van der Waals surface area contributed by atoms with Crippen LogP contribution in [0, 0.1) is 6.92 Å². The molecule has 6 heteroatoms. The summed E-state index contributed by atoms with van der Waals surface area (Å²) in [5.74, 6) is 0. The molecule has 3 rings (SSSR count). The van der Waals surface area contributed by atoms with E-state index in [0.29, 0.717) is 16.3 Å². The molecule has 120 valence electrons. The lowest BCUT2D eigenvalue weighted by molar-refractivity contribution is 0.624. The zero-order valence-electron chi connectivity index (χ0n) is 13.0. The molecular formula is C17H19ClN4S. The van der Waals surface area contributed by atoms with Crippen molar-refractivity contribution in [3.05, 3.63) is 40.5 Å². The molecule has 1 aliphatic carbocycles. The quantitative estimate of drug-likeness (QED) is 0.382. The van der Waals surface area contributed by atoms with Gasteiger partial charge < -0.3 is 5.32 Å². The number of benzene rings is 1. The Balaban J connectivity index is 1.68. The van der Waals surface area contributed by atoms with Gasteiger partial charge in [0.05, 0.1) is 11.7 Å². The number of hydrazone groups is 1. The Morgan fingerprint density at radius 3 is 2.96 bits per heavy atom. The highest BCUT2D eigenvalue weighted by molar-refractivity contribution is 7.80. The zero-order valence-corrected chi connectivity index (χ0v) is 14.5. The van der Waals surface area contributed by atoms with Crippen molar-refractivity contribution in [1.82, 2.24) is 15.7 Å². The summed E-state index contributed by atoms with van der Waals surface area (Å²) in [4.78, 5) is 4.45. The summed E-state index contributed by atoms with van der Waals surface area (Å²) in [6.07, 6.45) is 6.53. The predicted octanol–water partition coefficient (Wildman–Crippen LogP) is 3.94. The molecule has 2 aromatic rings. The maximum atomic E-state index is 6.25. The number of hydrogen-bond donors (Lipinski definition) is 2. The second-order valence-corrected chi connectivity index (χ2v) is 6.61. The number of halogens is 1. The lowest BCUT2D eigenvalue weighted by Crippen LogP contribution is -2.38. The number of thiocarbonyl (C=S) groups is 1. The fraction of sp³-hybridized carbons (Fsp3) is 0.353. The summed E-state index contributed by atoms with van der Waals surface area (Å²) in [5, 5.41) is 9.48. The summed E-state index contributed by atoms with van der Waals surface area (Å²) < 4.78 is 0. The van der Waals surface area contributed by atoms with Crippen molar-refractivity contribution in [1.29, 1.82) is 0 Å². The molecule has 0 radical (unpaired) electrons. The van der Waals surface area contributed by atoms with Crippen LogP contribution in [0.5, 0.6) is 0 Å². The van der Waals surface area contributed by atoms with E-state index in [4.69, 9.17) is 23.8 Å². The molecule has 1 aromatic carbocycles. The Labute approximate surface area is 146 Å². The Hall–Kier alpha value is -1.72. The first kappa shape index (κ1) is 16.1. The Bertz CT molecular complexity index is 754. The lowest BCUT2D eigenvalue weighted by Gasteiger charge is -2.13. The maximum absolute atomic E-state index is 6.25. The van der Waals surface area contributed by atoms with Crippen LogP contribution in [0.25, 0.3) is 10.9 Å². The van der Waals surface area contributed by atoms with E-state index >= 15 is 0 Å². The molecule has 1 aliphatic rings. The molecule has 0 saturated heterocycles. The number of rotatable bonds is 3. The third-order valence-corrected chi connectivity index (χ3v) is 4.60. The van der Waals surface area contributed by atoms with Gasteiger partial charge in [0.1, 0.15) is 5.15 Å². The summed E-state index contributed by atoms with van der Waals surface area (Å²) in [6.45, 7) is 2.02. The average Bonchev–Trinajstić information content (AvgIpc) is 3.02. The minimum atomic E-state index is 0.437. The molecule has 4 nitrogen and oxygen atoms in total. The smallest absolute Gasteiger partial charge is 0.187 e. The van der Waals surface area contributed by atoms with Crippen LogP contribution < -0.4 is 10.7 Å². The van der Waals surface area contributed by atoms with Crippen LogP contribution in [0.3, 0.4) is 0 Å². The molecule has 0 aliphatic heterocycles. The van der Waals surface area contributed by atoms with Gasteiger partial charge in [-0.15, -0.1) is 0 Å². The Morgan fingerprint density at radius 2 is 2.17 bits per heavy atom. The van der Waals surface area contributed by atoms with Crippen LogP contribution in [-0.4, -0.2) is 22.4 Å². The van der Waals surface area contributed by atoms with Crippen molar-refractivity contribution in [2.24, 2.45) is 5.10 Å². The molecule has 0 bridgehead atoms. The monoisotopic (exact) mass is 346 g/mol. The second kappa shape index (κ2) is 7.23. The van der Waals surface area contributed by atoms with Gasteiger partial charge >= 0.3 is 0 Å². The summed E-state index contributed by atoms with van der Waals surface area (Å²) in [7, 11) is 0. The van der Waals surface area contributed by atoms with E-state index in [-0.39, 0.29) is 0 Å². The third kappa shape index (κ3) is 3.98. The first-order valence-corrected chi connectivity index (χ1v) is 8.57. The summed E-state index contributed by atoms with van der Waals surface area (Å²) in [6, 6.07) is 8.50. The van der Waals surface area contributed by atoms with Gasteiger partial charge in [-0.2, -0.15) is 5.10 Å². The van der Waals surface area contributed by atoms with E-state index in [1.54, 1.807) is 6.21 Å². The first-order valence-electron chi connectivity index (χ1n) is 7.79. The van der Waals surface area contributed by atoms with Crippen molar-refractivity contribution in [2.45, 2.75) is 38.6 Å². The third-order valence-electron chi connectivity index (χ3n) is 4.09. The number of fused-ring (bicyclic) bond motifs is 1. The zero-order chi connectivity index (χ0) is 16.2. The van der Waals surface area contributed by atoms with Crippen LogP contribution >= 0.6 is 23.8 Å². The van der Waals surface area contributed by atoms with Gasteiger partial charge in [0.2, 0.25) is 0 Å². The number of aryl methyl sites for hydroxylation is 1. The molecule has 0 amide bonds. The number of pyridine rings is 1. The molecule has 1 fully saturated rings. The number of aromatic nitrogens is 1. The summed E-state index contributed by atoms with van der Waals surface area (Å²) in [5.41, 5.74) is 5.64. The van der Waals surface area contributed by atoms with Crippen LogP contribution in [-0.2, 0) is 0 Å². The minimum Gasteiger partial charge on any atom is -0.359 e. The van der Waals surface area contributed by atoms with Gasteiger partial charge in [-0.3, -0.25) is 5.43 Å². The van der Waals surface area contributed by atoms with Crippen LogP contribution in [0.4, 0.5) is 0 Å². The molecule has 0 unspecified atom stereocenters. The topological polar surface area (TPSA) is 49.3 Å². The normalized spacial score (nSPS) is 15.4. The Kier molecular flexibility index (Phi) is 5.08. The highest BCUT2D eigenvalue weighted by Crippen LogP contribution is 2.21. The second-order valence-electron chi connectivity index (χ2n) is 5.84. The van der Waals surface area contributed by atoms with E-state index < -0.39 is 0 Å². The SMILES string of the molecule is Cc1cccc2cc(/C=N/NC(=S)NC3CCCC3)c(Cl)nc12. The van der Waals surface area contributed by atoms with E-state index in [9.17, 15) is 0 Å². The van der Waals surface area contributed by atoms with E-state index in [1.807, 2.05) is 31.2 Å². The van der Waals surface area contributed by atoms with Gasteiger partial charge in [-0.1, -0.05) is 42.6 Å². The molecule has 23 heavy (non-hydrogen) atoms. The summed E-state index contributed by atoms with van der Waals surface area (Å²) >= 11 is 11.5. The molecule has 2 N–H and O–H groups in total. The lowest BCUT2D eigenvalue weighted by atomic mass is 10.1. The van der Waals surface area contributed by atoms with Crippen LogP contribution in [0.2, 0.25) is 5.15 Å². The molecular weight excluding hydrogens is 328 g/mol. The van der Waals surface area contributed by atoms with Gasteiger partial charge in [0, 0.05) is 17.0 Å². The molecule has 1 heterocycles. The van der Waals surface area contributed by atoms with E-state index in [1.165, 1.54) is 25.7 Å². The van der Waals surface area contributed by atoms with E-state index in [2.05, 4.69) is 20.8 Å².